The molecule has 0 saturated carbocycles. The summed E-state index contributed by atoms with van der Waals surface area (Å²) in [5, 5.41) is 0. The van der Waals surface area contributed by atoms with Gasteiger partial charge in [0.05, 0.1) is 5.69 Å². The molecule has 2 aliphatic rings. The summed E-state index contributed by atoms with van der Waals surface area (Å²) >= 11 is 0. The molecule has 1 heterocycles. The summed E-state index contributed by atoms with van der Waals surface area (Å²) in [7, 11) is 0. The van der Waals surface area contributed by atoms with Gasteiger partial charge < -0.3 is 0 Å². The van der Waals surface area contributed by atoms with Crippen molar-refractivity contribution in [3.63, 3.8) is 0 Å². The topological polar surface area (TPSA) is 12.9 Å². The molecule has 0 bridgehead atoms. The van der Waals surface area contributed by atoms with Gasteiger partial charge in [0.25, 0.3) is 0 Å². The minimum Gasteiger partial charge on any atom is -0.256 e. The fourth-order valence-corrected chi connectivity index (χ4v) is 5.35. The van der Waals surface area contributed by atoms with E-state index in [0.29, 0.717) is 0 Å². The second-order valence-corrected chi connectivity index (χ2v) is 11.9. The van der Waals surface area contributed by atoms with Crippen LogP contribution in [0.4, 0.5) is 0 Å². The number of benzene rings is 1. The van der Waals surface area contributed by atoms with Crippen molar-refractivity contribution >= 4 is 0 Å². The van der Waals surface area contributed by atoms with Crippen LogP contribution in [0.5, 0.6) is 0 Å². The molecule has 0 spiro atoms. The Morgan fingerprint density at radius 3 is 1.61 bits per heavy atom. The van der Waals surface area contributed by atoms with Gasteiger partial charge in [0.1, 0.15) is 0 Å². The van der Waals surface area contributed by atoms with Crippen LogP contribution in [0.15, 0.2) is 30.5 Å². The van der Waals surface area contributed by atoms with Crippen LogP contribution < -0.4 is 0 Å². The number of aromatic nitrogens is 1. The molecule has 1 aromatic carbocycles. The van der Waals surface area contributed by atoms with Crippen LogP contribution in [0, 0.1) is 0 Å². The first-order chi connectivity index (χ1) is 12.8. The third-order valence-corrected chi connectivity index (χ3v) is 7.89. The first kappa shape index (κ1) is 19.7. The van der Waals surface area contributed by atoms with Gasteiger partial charge in [-0.1, -0.05) is 67.5 Å². The molecule has 2 aliphatic carbocycles. The van der Waals surface area contributed by atoms with Crippen LogP contribution >= 0.6 is 0 Å². The quantitative estimate of drug-likeness (QED) is 0.504. The van der Waals surface area contributed by atoms with Crippen LogP contribution in [0.25, 0.3) is 11.3 Å². The summed E-state index contributed by atoms with van der Waals surface area (Å²) in [5.74, 6) is 0. The van der Waals surface area contributed by atoms with E-state index in [0.717, 1.165) is 5.69 Å². The lowest BCUT2D eigenvalue weighted by Gasteiger charge is -2.42. The van der Waals surface area contributed by atoms with Gasteiger partial charge in [0.2, 0.25) is 0 Å². The first-order valence-corrected chi connectivity index (χ1v) is 11.0. The van der Waals surface area contributed by atoms with E-state index < -0.39 is 0 Å². The first-order valence-electron chi connectivity index (χ1n) is 11.0. The van der Waals surface area contributed by atoms with Gasteiger partial charge in [-0.25, -0.2) is 0 Å². The summed E-state index contributed by atoms with van der Waals surface area (Å²) in [6, 6.07) is 9.50. The predicted octanol–water partition coefficient (Wildman–Crippen LogP) is 7.45. The van der Waals surface area contributed by atoms with Gasteiger partial charge in [-0.05, 0) is 81.7 Å². The van der Waals surface area contributed by atoms with Crippen LogP contribution in [0.3, 0.4) is 0 Å². The molecule has 0 unspecified atom stereocenters. The van der Waals surface area contributed by atoms with Gasteiger partial charge in [0, 0.05) is 11.8 Å². The Morgan fingerprint density at radius 1 is 0.571 bits per heavy atom. The summed E-state index contributed by atoms with van der Waals surface area (Å²) in [4.78, 5) is 4.96. The number of nitrogens with zero attached hydrogens (tertiary/aromatic N) is 1. The number of pyridine rings is 1. The molecule has 2 aromatic rings. The summed E-state index contributed by atoms with van der Waals surface area (Å²) < 4.78 is 0. The van der Waals surface area contributed by atoms with Crippen molar-refractivity contribution in [1.29, 1.82) is 0 Å². The average Bonchev–Trinajstić information content (AvgIpc) is 2.62. The van der Waals surface area contributed by atoms with Gasteiger partial charge in [-0.2, -0.15) is 0 Å². The highest BCUT2D eigenvalue weighted by Gasteiger charge is 2.39. The predicted molar refractivity (Wildman–Crippen MR) is 120 cm³/mol. The third kappa shape index (κ3) is 3.02. The maximum Gasteiger partial charge on any atom is 0.0705 e. The van der Waals surface area contributed by atoms with Gasteiger partial charge in [-0.15, -0.1) is 0 Å². The van der Waals surface area contributed by atoms with Gasteiger partial charge >= 0.3 is 0 Å². The molecule has 0 saturated heterocycles. The Hall–Kier alpha value is -1.63. The molecule has 1 aromatic heterocycles. The molecule has 150 valence electrons. The van der Waals surface area contributed by atoms with Crippen LogP contribution in [0.2, 0.25) is 0 Å². The maximum absolute atomic E-state index is 4.96. The summed E-state index contributed by atoms with van der Waals surface area (Å²) in [5.41, 5.74) is 9.30. The van der Waals surface area contributed by atoms with Crippen LogP contribution in [-0.4, -0.2) is 4.98 Å². The van der Waals surface area contributed by atoms with E-state index >= 15 is 0 Å². The second kappa shape index (κ2) is 5.94. The lowest BCUT2D eigenvalue weighted by atomic mass is 9.62. The number of rotatable bonds is 1. The SMILES string of the molecule is CC1(C)CCC(C)(C)c2cc(-c3cc4c(cn3)C(C)(C)CCC4(C)C)ccc21. The average molecular weight is 376 g/mol. The van der Waals surface area contributed by atoms with Crippen LogP contribution in [-0.2, 0) is 21.7 Å². The van der Waals surface area contributed by atoms with Crippen molar-refractivity contribution in [2.45, 2.75) is 103 Å². The number of fused-ring (bicyclic) bond motifs is 2. The summed E-state index contributed by atoms with van der Waals surface area (Å²) in [6.45, 7) is 19.1. The van der Waals surface area contributed by atoms with Crippen LogP contribution in [0.1, 0.15) is 103 Å². The molecule has 0 aliphatic heterocycles. The Balaban J connectivity index is 1.86. The van der Waals surface area contributed by atoms with E-state index in [1.54, 1.807) is 0 Å². The van der Waals surface area contributed by atoms with Crippen molar-refractivity contribution < 1.29 is 0 Å². The maximum atomic E-state index is 4.96. The molecule has 0 N–H and O–H groups in total. The molecule has 28 heavy (non-hydrogen) atoms. The van der Waals surface area contributed by atoms with Crippen molar-refractivity contribution in [3.05, 3.63) is 52.7 Å². The van der Waals surface area contributed by atoms with Crippen molar-refractivity contribution in [2.24, 2.45) is 0 Å². The van der Waals surface area contributed by atoms with E-state index in [9.17, 15) is 0 Å². The Labute approximate surface area is 172 Å². The third-order valence-electron chi connectivity index (χ3n) is 7.89. The zero-order valence-corrected chi connectivity index (χ0v) is 19.2. The minimum atomic E-state index is 0.220. The molecule has 0 atom stereocenters. The van der Waals surface area contributed by atoms with E-state index in [-0.39, 0.29) is 21.7 Å². The van der Waals surface area contributed by atoms with E-state index in [2.05, 4.69) is 85.9 Å². The fourth-order valence-electron chi connectivity index (χ4n) is 5.35. The number of hydrogen-bond donors (Lipinski definition) is 0. The fraction of sp³-hybridized carbons (Fsp3) is 0.593. The van der Waals surface area contributed by atoms with Crippen molar-refractivity contribution in [2.75, 3.05) is 0 Å². The minimum absolute atomic E-state index is 0.220. The molecular weight excluding hydrogens is 338 g/mol. The molecule has 0 fully saturated rings. The largest absolute Gasteiger partial charge is 0.256 e. The highest BCUT2D eigenvalue weighted by Crippen LogP contribution is 2.48. The van der Waals surface area contributed by atoms with E-state index in [4.69, 9.17) is 4.98 Å². The monoisotopic (exact) mass is 375 g/mol. The van der Waals surface area contributed by atoms with Gasteiger partial charge in [0.15, 0.2) is 0 Å². The van der Waals surface area contributed by atoms with E-state index in [1.807, 2.05) is 0 Å². The molecule has 0 radical (unpaired) electrons. The van der Waals surface area contributed by atoms with E-state index in [1.165, 1.54) is 53.5 Å². The van der Waals surface area contributed by atoms with Crippen molar-refractivity contribution in [1.82, 2.24) is 4.98 Å². The molecule has 1 heteroatoms. The molecular formula is C27H37N. The summed E-state index contributed by atoms with van der Waals surface area (Å²) in [6.07, 6.45) is 7.14. The zero-order valence-electron chi connectivity index (χ0n) is 19.2. The standard InChI is InChI=1S/C27H37N/c1-24(2)11-12-25(3,4)20-15-18(9-10-19(20)24)23-16-21-22(17-28-23)27(7,8)14-13-26(21,5)6/h9-10,15-17H,11-14H2,1-8H3. The highest BCUT2D eigenvalue weighted by atomic mass is 14.7. The normalized spacial score (nSPS) is 23.6. The Bertz CT molecular complexity index is 850. The Kier molecular flexibility index (Phi) is 4.17. The molecule has 4 rings (SSSR count). The van der Waals surface area contributed by atoms with Gasteiger partial charge in [-0.3, -0.25) is 4.98 Å². The lowest BCUT2D eigenvalue weighted by molar-refractivity contribution is 0.330. The lowest BCUT2D eigenvalue weighted by Crippen LogP contribution is -2.34. The molecule has 1 nitrogen and oxygen atoms in total. The highest BCUT2D eigenvalue weighted by molar-refractivity contribution is 5.65. The smallest absolute Gasteiger partial charge is 0.0705 e. The Morgan fingerprint density at radius 2 is 1.04 bits per heavy atom. The molecule has 0 amide bonds. The number of hydrogen-bond acceptors (Lipinski definition) is 1. The zero-order chi connectivity index (χ0) is 20.5. The second-order valence-electron chi connectivity index (χ2n) is 11.9. The van der Waals surface area contributed by atoms with Crippen molar-refractivity contribution in [3.8, 4) is 11.3 Å².